The second-order valence-corrected chi connectivity index (χ2v) is 4.87. The van der Waals surface area contributed by atoms with E-state index in [1.807, 2.05) is 24.3 Å². The lowest BCUT2D eigenvalue weighted by molar-refractivity contribution is -0.422. The van der Waals surface area contributed by atoms with Gasteiger partial charge in [0.05, 0.1) is 11.5 Å². The molecule has 1 aromatic carbocycles. The SMILES string of the molecule is C=CCc1cccc2c1CCC(=C(C(=O)OCC)[N+](=O)[O-])N2. The van der Waals surface area contributed by atoms with Crippen LogP contribution in [0.2, 0.25) is 0 Å². The summed E-state index contributed by atoms with van der Waals surface area (Å²) >= 11 is 0. The molecule has 116 valence electrons. The Morgan fingerprint density at radius 1 is 1.50 bits per heavy atom. The number of allylic oxidation sites excluding steroid dienone is 2. The Morgan fingerprint density at radius 2 is 2.27 bits per heavy atom. The molecule has 0 saturated carbocycles. The summed E-state index contributed by atoms with van der Waals surface area (Å²) < 4.78 is 4.78. The van der Waals surface area contributed by atoms with Gasteiger partial charge in [0.25, 0.3) is 0 Å². The Hall–Kier alpha value is -2.63. The molecular weight excluding hydrogens is 284 g/mol. The highest BCUT2D eigenvalue weighted by atomic mass is 16.6. The first kappa shape index (κ1) is 15.8. The summed E-state index contributed by atoms with van der Waals surface area (Å²) in [6.07, 6.45) is 3.60. The molecule has 1 heterocycles. The molecule has 22 heavy (non-hydrogen) atoms. The molecule has 1 aromatic rings. The van der Waals surface area contributed by atoms with Crippen molar-refractivity contribution < 1.29 is 14.5 Å². The summed E-state index contributed by atoms with van der Waals surface area (Å²) in [6, 6.07) is 5.74. The molecule has 1 N–H and O–H groups in total. The number of esters is 1. The molecule has 0 aliphatic carbocycles. The number of benzene rings is 1. The van der Waals surface area contributed by atoms with Gasteiger partial charge in [0, 0.05) is 5.69 Å². The highest BCUT2D eigenvalue weighted by Gasteiger charge is 2.31. The van der Waals surface area contributed by atoms with E-state index in [9.17, 15) is 14.9 Å². The van der Waals surface area contributed by atoms with Crippen LogP contribution >= 0.6 is 0 Å². The third kappa shape index (κ3) is 3.16. The van der Waals surface area contributed by atoms with Crippen LogP contribution in [0.4, 0.5) is 5.69 Å². The van der Waals surface area contributed by atoms with Crippen LogP contribution < -0.4 is 5.32 Å². The maximum atomic E-state index is 11.8. The number of nitrogens with zero attached hydrogens (tertiary/aromatic N) is 1. The van der Waals surface area contributed by atoms with Crippen LogP contribution in [-0.4, -0.2) is 17.5 Å². The van der Waals surface area contributed by atoms with Crippen molar-refractivity contribution in [3.05, 3.63) is 63.5 Å². The second kappa shape index (κ2) is 6.89. The minimum atomic E-state index is -0.902. The van der Waals surface area contributed by atoms with E-state index in [2.05, 4.69) is 11.9 Å². The molecular formula is C16H18N2O4. The summed E-state index contributed by atoms with van der Waals surface area (Å²) in [7, 11) is 0. The number of hydrogen-bond donors (Lipinski definition) is 1. The lowest BCUT2D eigenvalue weighted by Gasteiger charge is -2.22. The van der Waals surface area contributed by atoms with Crippen molar-refractivity contribution in [2.24, 2.45) is 0 Å². The van der Waals surface area contributed by atoms with Crippen molar-refractivity contribution >= 4 is 11.7 Å². The van der Waals surface area contributed by atoms with Crippen LogP contribution in [0.25, 0.3) is 0 Å². The van der Waals surface area contributed by atoms with E-state index in [4.69, 9.17) is 4.74 Å². The molecule has 1 aliphatic rings. The lowest BCUT2D eigenvalue weighted by Crippen LogP contribution is -2.23. The van der Waals surface area contributed by atoms with E-state index < -0.39 is 16.6 Å². The summed E-state index contributed by atoms with van der Waals surface area (Å²) in [6.45, 7) is 5.45. The Balaban J connectivity index is 2.39. The molecule has 0 radical (unpaired) electrons. The first-order chi connectivity index (χ1) is 10.6. The van der Waals surface area contributed by atoms with Gasteiger partial charge in [-0.1, -0.05) is 18.2 Å². The molecule has 6 nitrogen and oxygen atoms in total. The predicted molar refractivity (Wildman–Crippen MR) is 82.9 cm³/mol. The number of nitro groups is 1. The van der Waals surface area contributed by atoms with Gasteiger partial charge in [0.2, 0.25) is 0 Å². The fraction of sp³-hybridized carbons (Fsp3) is 0.312. The number of anilines is 1. The number of nitrogens with one attached hydrogen (secondary N) is 1. The highest BCUT2D eigenvalue weighted by Crippen LogP contribution is 2.31. The molecule has 0 spiro atoms. The van der Waals surface area contributed by atoms with E-state index in [0.717, 1.165) is 23.2 Å². The largest absolute Gasteiger partial charge is 0.458 e. The Morgan fingerprint density at radius 3 is 2.91 bits per heavy atom. The van der Waals surface area contributed by atoms with Gasteiger partial charge in [-0.15, -0.1) is 6.58 Å². The van der Waals surface area contributed by atoms with Crippen molar-refractivity contribution in [2.45, 2.75) is 26.2 Å². The fourth-order valence-corrected chi connectivity index (χ4v) is 2.55. The third-order valence-corrected chi connectivity index (χ3v) is 3.49. The fourth-order valence-electron chi connectivity index (χ4n) is 2.55. The van der Waals surface area contributed by atoms with E-state index in [1.54, 1.807) is 6.92 Å². The molecule has 6 heteroatoms. The average molecular weight is 302 g/mol. The quantitative estimate of drug-likeness (QED) is 0.297. The van der Waals surface area contributed by atoms with E-state index in [-0.39, 0.29) is 6.61 Å². The lowest BCUT2D eigenvalue weighted by atomic mass is 9.94. The summed E-state index contributed by atoms with van der Waals surface area (Å²) in [4.78, 5) is 22.3. The smallest absolute Gasteiger partial charge is 0.411 e. The van der Waals surface area contributed by atoms with E-state index >= 15 is 0 Å². The van der Waals surface area contributed by atoms with Crippen molar-refractivity contribution in [3.8, 4) is 0 Å². The number of carbonyl (C=O) groups excluding carboxylic acids is 1. The van der Waals surface area contributed by atoms with Gasteiger partial charge in [-0.2, -0.15) is 0 Å². The topological polar surface area (TPSA) is 81.5 Å². The maximum Gasteiger partial charge on any atom is 0.411 e. The minimum Gasteiger partial charge on any atom is -0.458 e. The minimum absolute atomic E-state index is 0.101. The maximum absolute atomic E-state index is 11.8. The number of hydrogen-bond acceptors (Lipinski definition) is 5. The zero-order valence-electron chi connectivity index (χ0n) is 12.4. The van der Waals surface area contributed by atoms with Crippen LogP contribution in [-0.2, 0) is 22.4 Å². The second-order valence-electron chi connectivity index (χ2n) is 4.87. The molecule has 0 atom stereocenters. The zero-order chi connectivity index (χ0) is 16.1. The molecule has 1 aliphatic heterocycles. The molecule has 0 aromatic heterocycles. The van der Waals surface area contributed by atoms with Gasteiger partial charge in [-0.05, 0) is 43.4 Å². The third-order valence-electron chi connectivity index (χ3n) is 3.49. The van der Waals surface area contributed by atoms with Gasteiger partial charge in [-0.25, -0.2) is 4.79 Å². The van der Waals surface area contributed by atoms with Crippen LogP contribution in [0.1, 0.15) is 24.5 Å². The Labute approximate surface area is 128 Å². The van der Waals surface area contributed by atoms with Crippen LogP contribution in [0.15, 0.2) is 42.2 Å². The number of rotatable bonds is 5. The van der Waals surface area contributed by atoms with Crippen LogP contribution in [0.5, 0.6) is 0 Å². The first-order valence-corrected chi connectivity index (χ1v) is 7.11. The van der Waals surface area contributed by atoms with Gasteiger partial charge in [0.1, 0.15) is 5.70 Å². The molecule has 0 unspecified atom stereocenters. The van der Waals surface area contributed by atoms with Crippen molar-refractivity contribution in [3.63, 3.8) is 0 Å². The Bertz CT molecular complexity index is 650. The average Bonchev–Trinajstić information content (AvgIpc) is 2.47. The molecule has 2 rings (SSSR count). The number of carbonyl (C=O) groups is 1. The van der Waals surface area contributed by atoms with Crippen LogP contribution in [0, 0.1) is 10.1 Å². The normalized spacial score (nSPS) is 15.3. The molecule has 0 bridgehead atoms. The van der Waals surface area contributed by atoms with Gasteiger partial charge >= 0.3 is 11.7 Å². The zero-order valence-corrected chi connectivity index (χ0v) is 12.4. The molecule has 0 fully saturated rings. The highest BCUT2D eigenvalue weighted by molar-refractivity contribution is 5.87. The summed E-state index contributed by atoms with van der Waals surface area (Å²) in [5, 5.41) is 14.2. The van der Waals surface area contributed by atoms with Crippen molar-refractivity contribution in [2.75, 3.05) is 11.9 Å². The predicted octanol–water partition coefficient (Wildman–Crippen LogP) is 2.82. The van der Waals surface area contributed by atoms with E-state index in [0.29, 0.717) is 18.5 Å². The van der Waals surface area contributed by atoms with Crippen molar-refractivity contribution in [1.29, 1.82) is 0 Å². The van der Waals surface area contributed by atoms with Gasteiger partial charge in [-0.3, -0.25) is 10.1 Å². The van der Waals surface area contributed by atoms with Crippen LogP contribution in [0.3, 0.4) is 0 Å². The number of fused-ring (bicyclic) bond motifs is 1. The summed E-state index contributed by atoms with van der Waals surface area (Å²) in [5.74, 6) is -0.902. The standard InChI is InChI=1S/C16H18N2O4/c1-3-6-11-7-5-8-13-12(11)9-10-14(17-13)15(18(20)21)16(19)22-4-2/h3,5,7-8,17H,1,4,6,9-10H2,2H3. The summed E-state index contributed by atoms with van der Waals surface area (Å²) in [5.41, 5.74) is 2.83. The Kier molecular flexibility index (Phi) is 4.93. The molecule has 0 saturated heterocycles. The first-order valence-electron chi connectivity index (χ1n) is 7.11. The molecule has 0 amide bonds. The van der Waals surface area contributed by atoms with Crippen molar-refractivity contribution in [1.82, 2.24) is 0 Å². The van der Waals surface area contributed by atoms with Gasteiger partial charge in [0.15, 0.2) is 0 Å². The number of ether oxygens (including phenoxy) is 1. The van der Waals surface area contributed by atoms with Gasteiger partial charge < -0.3 is 10.1 Å². The monoisotopic (exact) mass is 302 g/mol. The van der Waals surface area contributed by atoms with E-state index in [1.165, 1.54) is 0 Å².